The van der Waals surface area contributed by atoms with E-state index in [1.165, 1.54) is 0 Å². The number of aliphatic hydroxyl groups excluding tert-OH is 3. The maximum Gasteiger partial charge on any atom is 0.335 e. The third kappa shape index (κ3) is 3.38. The summed E-state index contributed by atoms with van der Waals surface area (Å²) in [6, 6.07) is 0. The molecule has 0 radical (unpaired) electrons. The lowest BCUT2D eigenvalue weighted by atomic mass is 9.41. The molecule has 0 amide bonds. The van der Waals surface area contributed by atoms with Crippen LogP contribution in [0.2, 0.25) is 0 Å². The minimum absolute atomic E-state index is 0.0959. The van der Waals surface area contributed by atoms with Gasteiger partial charge in [0.1, 0.15) is 18.3 Å². The summed E-state index contributed by atoms with van der Waals surface area (Å²) in [5, 5.41) is 50.3. The molecule has 1 saturated heterocycles. The highest BCUT2D eigenvalue weighted by Gasteiger charge is 2.68. The van der Waals surface area contributed by atoms with Crippen LogP contribution in [0, 0.1) is 28.1 Å². The van der Waals surface area contributed by atoms with Crippen LogP contribution in [0.1, 0.15) is 71.6 Å². The summed E-state index contributed by atoms with van der Waals surface area (Å²) in [5.41, 5.74) is -0.863. The van der Waals surface area contributed by atoms with E-state index in [0.717, 1.165) is 44.1 Å². The van der Waals surface area contributed by atoms with Gasteiger partial charge in [-0.1, -0.05) is 19.9 Å². The van der Waals surface area contributed by atoms with Crippen LogP contribution in [-0.4, -0.2) is 73.8 Å². The topological polar surface area (TPSA) is 154 Å². The van der Waals surface area contributed by atoms with Crippen LogP contribution < -0.4 is 0 Å². The van der Waals surface area contributed by atoms with Crippen LogP contribution >= 0.6 is 0 Å². The first-order valence-corrected chi connectivity index (χ1v) is 12.8. The number of aliphatic hydroxyl groups is 3. The molecule has 9 nitrogen and oxygen atoms in total. The molecule has 2 bridgehead atoms. The predicted octanol–water partition coefficient (Wildman–Crippen LogP) is 2.07. The van der Waals surface area contributed by atoms with E-state index in [1.807, 2.05) is 6.92 Å². The molecule has 1 heterocycles. The second kappa shape index (κ2) is 7.99. The number of hydrogen-bond acceptors (Lipinski definition) is 7. The Bertz CT molecular complexity index is 936. The number of rotatable bonds is 4. The molecule has 5 rings (SSSR count). The van der Waals surface area contributed by atoms with Crippen molar-refractivity contribution < 1.29 is 44.6 Å². The smallest absolute Gasteiger partial charge is 0.335 e. The van der Waals surface area contributed by atoms with Crippen molar-refractivity contribution in [2.45, 2.75) is 108 Å². The van der Waals surface area contributed by atoms with Gasteiger partial charge in [-0.2, -0.15) is 0 Å². The fourth-order valence-corrected chi connectivity index (χ4v) is 9.14. The minimum atomic E-state index is -1.77. The standard InChI is InChI=1S/C26H38O9/c1-13-11-25-9-5-14-23(2,7-4-8-24(14,3)22(32)33)15(25)6-10-26(13,12-25)35-21-18(29)16(27)17(28)19(34-21)20(30)31/h14-19,21,27-29H,1,4-12H2,2-3H3,(H,30,31)(H,32,33)/t14-,15-,16-,17-,18+,19-,21-,23+,24+,25+,26-/m0/s1. The average molecular weight is 495 g/mol. The van der Waals surface area contributed by atoms with E-state index < -0.39 is 53.7 Å². The molecule has 0 unspecified atom stereocenters. The lowest BCUT2D eigenvalue weighted by Gasteiger charge is -2.64. The van der Waals surface area contributed by atoms with Gasteiger partial charge in [-0.15, -0.1) is 0 Å². The van der Waals surface area contributed by atoms with Crippen molar-refractivity contribution in [1.29, 1.82) is 0 Å². The van der Waals surface area contributed by atoms with Gasteiger partial charge in [0.15, 0.2) is 12.4 Å². The maximum atomic E-state index is 12.3. The molecular formula is C26H38O9. The zero-order valence-corrected chi connectivity index (χ0v) is 20.5. The van der Waals surface area contributed by atoms with Crippen LogP contribution in [0.5, 0.6) is 0 Å². The van der Waals surface area contributed by atoms with Crippen molar-refractivity contribution in [2.75, 3.05) is 0 Å². The Balaban J connectivity index is 1.42. The predicted molar refractivity (Wildman–Crippen MR) is 122 cm³/mol. The fourth-order valence-electron chi connectivity index (χ4n) is 9.14. The molecule has 1 spiro atoms. The Labute approximate surface area is 205 Å². The largest absolute Gasteiger partial charge is 0.481 e. The lowest BCUT2D eigenvalue weighted by molar-refractivity contribution is -0.320. The first-order valence-electron chi connectivity index (χ1n) is 12.8. The van der Waals surface area contributed by atoms with Crippen LogP contribution in [-0.2, 0) is 19.1 Å². The van der Waals surface area contributed by atoms with E-state index in [9.17, 15) is 35.1 Å². The van der Waals surface area contributed by atoms with E-state index in [0.29, 0.717) is 25.2 Å². The summed E-state index contributed by atoms with van der Waals surface area (Å²) >= 11 is 0. The number of carboxylic acids is 2. The van der Waals surface area contributed by atoms with Crippen molar-refractivity contribution in [3.63, 3.8) is 0 Å². The summed E-state index contributed by atoms with van der Waals surface area (Å²) in [4.78, 5) is 23.9. The second-order valence-corrected chi connectivity index (χ2v) is 12.4. The summed E-state index contributed by atoms with van der Waals surface area (Å²) in [6.07, 6.45) is -1.08. The maximum absolute atomic E-state index is 12.3. The van der Waals surface area contributed by atoms with Crippen LogP contribution in [0.25, 0.3) is 0 Å². The number of carboxylic acid groups (broad SMARTS) is 2. The number of carbonyl (C=O) groups is 2. The molecule has 196 valence electrons. The third-order valence-electron chi connectivity index (χ3n) is 10.8. The lowest BCUT2D eigenvalue weighted by Crippen LogP contribution is -2.62. The van der Waals surface area contributed by atoms with Gasteiger partial charge in [0.05, 0.1) is 11.0 Å². The summed E-state index contributed by atoms with van der Waals surface area (Å²) < 4.78 is 11.8. The quantitative estimate of drug-likeness (QED) is 0.292. The Kier molecular flexibility index (Phi) is 5.74. The molecule has 0 aromatic heterocycles. The number of ether oxygens (including phenoxy) is 2. The zero-order chi connectivity index (χ0) is 25.6. The summed E-state index contributed by atoms with van der Waals surface area (Å²) in [6.45, 7) is 8.53. The van der Waals surface area contributed by atoms with Gasteiger partial charge in [-0.05, 0) is 86.5 Å². The first-order chi connectivity index (χ1) is 16.3. The molecule has 5 N–H and O–H groups in total. The molecule has 11 atom stereocenters. The Morgan fingerprint density at radius 2 is 1.66 bits per heavy atom. The normalized spacial score (nSPS) is 53.5. The highest BCUT2D eigenvalue weighted by atomic mass is 16.7. The van der Waals surface area contributed by atoms with Gasteiger partial charge in [0.25, 0.3) is 0 Å². The first kappa shape index (κ1) is 25.1. The van der Waals surface area contributed by atoms with E-state index in [-0.39, 0.29) is 16.7 Å². The number of hydrogen-bond donors (Lipinski definition) is 5. The molecule has 5 aliphatic rings. The van der Waals surface area contributed by atoms with Crippen LogP contribution in [0.4, 0.5) is 0 Å². The van der Waals surface area contributed by atoms with E-state index in [4.69, 9.17) is 9.47 Å². The van der Waals surface area contributed by atoms with Crippen LogP contribution in [0.15, 0.2) is 12.2 Å². The third-order valence-corrected chi connectivity index (χ3v) is 10.8. The molecule has 35 heavy (non-hydrogen) atoms. The van der Waals surface area contributed by atoms with Crippen molar-refractivity contribution in [3.05, 3.63) is 12.2 Å². The van der Waals surface area contributed by atoms with E-state index in [2.05, 4.69) is 13.5 Å². The van der Waals surface area contributed by atoms with Gasteiger partial charge in [-0.25, -0.2) is 4.79 Å². The highest BCUT2D eigenvalue weighted by molar-refractivity contribution is 5.75. The van der Waals surface area contributed by atoms with Crippen molar-refractivity contribution in [3.8, 4) is 0 Å². The molecular weight excluding hydrogens is 456 g/mol. The number of aliphatic carboxylic acids is 2. The highest BCUT2D eigenvalue weighted by Crippen LogP contribution is 2.73. The summed E-state index contributed by atoms with van der Waals surface area (Å²) in [5.74, 6) is -1.72. The zero-order valence-electron chi connectivity index (χ0n) is 20.5. The monoisotopic (exact) mass is 494 g/mol. The van der Waals surface area contributed by atoms with E-state index in [1.54, 1.807) is 0 Å². The molecule has 5 fully saturated rings. The molecule has 0 aromatic carbocycles. The molecule has 4 saturated carbocycles. The molecule has 4 aliphatic carbocycles. The molecule has 1 aliphatic heterocycles. The summed E-state index contributed by atoms with van der Waals surface area (Å²) in [7, 11) is 0. The Hall–Kier alpha value is -1.52. The second-order valence-electron chi connectivity index (χ2n) is 12.4. The molecule has 0 aromatic rings. The fraction of sp³-hybridized carbons (Fsp3) is 0.846. The van der Waals surface area contributed by atoms with Crippen molar-refractivity contribution >= 4 is 11.9 Å². The van der Waals surface area contributed by atoms with Crippen LogP contribution in [0.3, 0.4) is 0 Å². The van der Waals surface area contributed by atoms with Gasteiger partial charge >= 0.3 is 11.9 Å². The number of fused-ring (bicyclic) bond motifs is 3. The van der Waals surface area contributed by atoms with Gasteiger partial charge in [0, 0.05) is 0 Å². The van der Waals surface area contributed by atoms with Crippen molar-refractivity contribution in [2.24, 2.45) is 28.1 Å². The van der Waals surface area contributed by atoms with Gasteiger partial charge in [0.2, 0.25) is 0 Å². The average Bonchev–Trinajstić information content (AvgIpc) is 2.98. The van der Waals surface area contributed by atoms with E-state index >= 15 is 0 Å². The molecule has 9 heteroatoms. The SMILES string of the molecule is C=C1C[C@@]23CC[C@H]4[C@@](C)(CCC[C@@]4(C)C(=O)O)[C@@H]2CC[C@]1(O[C@@H]1O[C@H](C(=O)O)[C@@H](O)[C@H](O)[C@H]1O)C3. The van der Waals surface area contributed by atoms with Gasteiger partial charge in [-0.3, -0.25) is 4.79 Å². The Morgan fingerprint density at radius 1 is 0.971 bits per heavy atom. The van der Waals surface area contributed by atoms with Crippen molar-refractivity contribution in [1.82, 2.24) is 0 Å². The Morgan fingerprint density at radius 3 is 2.31 bits per heavy atom. The van der Waals surface area contributed by atoms with Gasteiger partial charge < -0.3 is 35.0 Å². The minimum Gasteiger partial charge on any atom is -0.481 e.